The van der Waals surface area contributed by atoms with E-state index in [1.807, 2.05) is 6.07 Å². The van der Waals surface area contributed by atoms with Crippen molar-refractivity contribution < 1.29 is 14.3 Å². The predicted octanol–water partition coefficient (Wildman–Crippen LogP) is 3.70. The van der Waals surface area contributed by atoms with Gasteiger partial charge in [-0.25, -0.2) is 0 Å². The van der Waals surface area contributed by atoms with E-state index in [4.69, 9.17) is 33.2 Å². The van der Waals surface area contributed by atoms with E-state index in [-0.39, 0.29) is 37.8 Å². The minimum Gasteiger partial charge on any atom is -0.466 e. The van der Waals surface area contributed by atoms with Gasteiger partial charge in [-0.05, 0) is 30.7 Å². The van der Waals surface area contributed by atoms with Crippen LogP contribution in [0.1, 0.15) is 25.3 Å². The zero-order valence-electron chi connectivity index (χ0n) is 13.3. The van der Waals surface area contributed by atoms with Crippen molar-refractivity contribution >= 4 is 41.2 Å². The van der Waals surface area contributed by atoms with Crippen LogP contribution >= 0.6 is 23.2 Å². The lowest BCUT2D eigenvalue weighted by Crippen LogP contribution is -2.32. The number of nitrogens with zero attached hydrogens (tertiary/aromatic N) is 2. The van der Waals surface area contributed by atoms with Gasteiger partial charge in [-0.2, -0.15) is 5.26 Å². The van der Waals surface area contributed by atoms with Crippen LogP contribution in [0, 0.1) is 11.3 Å². The number of rotatable bonds is 8. The fraction of sp³-hybridized carbons (Fsp3) is 0.353. The Kier molecular flexibility index (Phi) is 8.92. The van der Waals surface area contributed by atoms with Crippen molar-refractivity contribution in [3.05, 3.63) is 39.9 Å². The molecule has 0 unspecified atom stereocenters. The van der Waals surface area contributed by atoms with Crippen LogP contribution in [0.4, 0.5) is 0 Å². The summed E-state index contributed by atoms with van der Waals surface area (Å²) in [5, 5.41) is 9.64. The summed E-state index contributed by atoms with van der Waals surface area (Å²) < 4.78 is 4.84. The molecule has 5 nitrogen and oxygen atoms in total. The fourth-order valence-electron chi connectivity index (χ4n) is 1.88. The number of amides is 1. The second-order valence-electron chi connectivity index (χ2n) is 4.79. The van der Waals surface area contributed by atoms with Gasteiger partial charge in [0.25, 0.3) is 0 Å². The van der Waals surface area contributed by atoms with Crippen molar-refractivity contribution in [3.8, 4) is 6.07 Å². The molecule has 1 aromatic rings. The standard InChI is InChI=1S/C17H18Cl2N2O3/c1-2-24-17(23)8-11-21(10-3-9-20)16(22)7-5-13-4-6-14(18)12-15(13)19/h4-7,12H,2-3,8,10-11H2,1H3/b7-5+. The number of ether oxygens (including phenoxy) is 1. The summed E-state index contributed by atoms with van der Waals surface area (Å²) in [6.45, 7) is 2.44. The lowest BCUT2D eigenvalue weighted by Gasteiger charge is -2.19. The van der Waals surface area contributed by atoms with Crippen molar-refractivity contribution in [2.75, 3.05) is 19.7 Å². The molecule has 0 aliphatic rings. The molecule has 0 heterocycles. The molecule has 1 aromatic carbocycles. The van der Waals surface area contributed by atoms with Crippen LogP contribution in [0.25, 0.3) is 6.08 Å². The number of benzene rings is 1. The number of hydrogen-bond acceptors (Lipinski definition) is 4. The Morgan fingerprint density at radius 1 is 1.33 bits per heavy atom. The second-order valence-corrected chi connectivity index (χ2v) is 5.63. The molecule has 128 valence electrons. The Labute approximate surface area is 151 Å². The molecule has 0 atom stereocenters. The van der Waals surface area contributed by atoms with Crippen LogP contribution in [0.3, 0.4) is 0 Å². The molecule has 24 heavy (non-hydrogen) atoms. The first kappa shape index (κ1) is 20.0. The van der Waals surface area contributed by atoms with Gasteiger partial charge in [0.2, 0.25) is 5.91 Å². The maximum atomic E-state index is 12.3. The van der Waals surface area contributed by atoms with Crippen LogP contribution in [-0.2, 0) is 14.3 Å². The van der Waals surface area contributed by atoms with Gasteiger partial charge in [0.15, 0.2) is 0 Å². The van der Waals surface area contributed by atoms with Crippen molar-refractivity contribution in [2.24, 2.45) is 0 Å². The summed E-state index contributed by atoms with van der Waals surface area (Å²) in [7, 11) is 0. The second kappa shape index (κ2) is 10.7. The van der Waals surface area contributed by atoms with Crippen molar-refractivity contribution in [1.29, 1.82) is 5.26 Å². The Morgan fingerprint density at radius 3 is 2.71 bits per heavy atom. The average Bonchev–Trinajstić information content (AvgIpc) is 2.54. The van der Waals surface area contributed by atoms with Crippen LogP contribution in [0.2, 0.25) is 10.0 Å². The number of carbonyl (C=O) groups excluding carboxylic acids is 2. The van der Waals surface area contributed by atoms with Crippen molar-refractivity contribution in [1.82, 2.24) is 4.90 Å². The molecule has 7 heteroatoms. The van der Waals surface area contributed by atoms with E-state index in [1.54, 1.807) is 31.2 Å². The van der Waals surface area contributed by atoms with E-state index >= 15 is 0 Å². The van der Waals surface area contributed by atoms with Crippen LogP contribution < -0.4 is 0 Å². The summed E-state index contributed by atoms with van der Waals surface area (Å²) in [6.07, 6.45) is 3.20. The Balaban J connectivity index is 2.74. The van der Waals surface area contributed by atoms with Gasteiger partial charge in [0.05, 0.1) is 25.5 Å². The van der Waals surface area contributed by atoms with Crippen LogP contribution in [-0.4, -0.2) is 36.5 Å². The summed E-state index contributed by atoms with van der Waals surface area (Å²) in [5.41, 5.74) is 0.653. The lowest BCUT2D eigenvalue weighted by molar-refractivity contribution is -0.143. The third kappa shape index (κ3) is 7.03. The van der Waals surface area contributed by atoms with E-state index in [9.17, 15) is 9.59 Å². The Morgan fingerprint density at radius 2 is 2.08 bits per heavy atom. The molecule has 0 fully saturated rings. The van der Waals surface area contributed by atoms with Gasteiger partial charge in [-0.15, -0.1) is 0 Å². The number of hydrogen-bond donors (Lipinski definition) is 0. The van der Waals surface area contributed by atoms with Crippen LogP contribution in [0.15, 0.2) is 24.3 Å². The Hall–Kier alpha value is -2.03. The van der Waals surface area contributed by atoms with E-state index in [0.29, 0.717) is 22.2 Å². The van der Waals surface area contributed by atoms with E-state index in [2.05, 4.69) is 0 Å². The summed E-state index contributed by atoms with van der Waals surface area (Å²) in [4.78, 5) is 25.1. The van der Waals surface area contributed by atoms with Gasteiger partial charge in [-0.3, -0.25) is 9.59 Å². The first-order valence-corrected chi connectivity index (χ1v) is 8.18. The SMILES string of the molecule is CCOC(=O)CCN(CCC#N)C(=O)/C=C/c1ccc(Cl)cc1Cl. The molecular formula is C17H18Cl2N2O3. The number of esters is 1. The topological polar surface area (TPSA) is 70.4 Å². The fourth-order valence-corrected chi connectivity index (χ4v) is 2.35. The third-order valence-corrected chi connectivity index (χ3v) is 3.63. The quantitative estimate of drug-likeness (QED) is 0.518. The number of halogens is 2. The summed E-state index contributed by atoms with van der Waals surface area (Å²) in [6, 6.07) is 6.94. The minimum atomic E-state index is -0.378. The molecule has 0 radical (unpaired) electrons. The summed E-state index contributed by atoms with van der Waals surface area (Å²) >= 11 is 11.9. The number of carbonyl (C=O) groups is 2. The van der Waals surface area contributed by atoms with E-state index in [0.717, 1.165) is 0 Å². The largest absolute Gasteiger partial charge is 0.466 e. The van der Waals surface area contributed by atoms with Gasteiger partial charge in [0, 0.05) is 29.2 Å². The van der Waals surface area contributed by atoms with Gasteiger partial charge in [-0.1, -0.05) is 29.3 Å². The molecule has 0 spiro atoms. The molecule has 0 N–H and O–H groups in total. The molecule has 0 aliphatic heterocycles. The minimum absolute atomic E-state index is 0.0839. The highest BCUT2D eigenvalue weighted by Crippen LogP contribution is 2.22. The normalized spacial score (nSPS) is 10.4. The molecular weight excluding hydrogens is 351 g/mol. The first-order valence-electron chi connectivity index (χ1n) is 7.42. The van der Waals surface area contributed by atoms with E-state index in [1.165, 1.54) is 11.0 Å². The Bertz CT molecular complexity index is 654. The highest BCUT2D eigenvalue weighted by Gasteiger charge is 2.13. The molecule has 1 rings (SSSR count). The maximum absolute atomic E-state index is 12.3. The molecule has 0 aromatic heterocycles. The maximum Gasteiger partial charge on any atom is 0.307 e. The predicted molar refractivity (Wildman–Crippen MR) is 93.6 cm³/mol. The molecule has 0 bridgehead atoms. The molecule has 0 saturated heterocycles. The average molecular weight is 369 g/mol. The third-order valence-electron chi connectivity index (χ3n) is 3.06. The van der Waals surface area contributed by atoms with Crippen molar-refractivity contribution in [3.63, 3.8) is 0 Å². The van der Waals surface area contributed by atoms with Gasteiger partial charge in [0.1, 0.15) is 0 Å². The van der Waals surface area contributed by atoms with E-state index < -0.39 is 0 Å². The van der Waals surface area contributed by atoms with Gasteiger partial charge >= 0.3 is 5.97 Å². The number of nitriles is 1. The summed E-state index contributed by atoms with van der Waals surface area (Å²) in [5.74, 6) is -0.683. The monoisotopic (exact) mass is 368 g/mol. The van der Waals surface area contributed by atoms with Gasteiger partial charge < -0.3 is 9.64 Å². The molecule has 1 amide bonds. The molecule has 0 aliphatic carbocycles. The lowest BCUT2D eigenvalue weighted by atomic mass is 10.2. The zero-order valence-corrected chi connectivity index (χ0v) is 14.8. The first-order chi connectivity index (χ1) is 11.5. The highest BCUT2D eigenvalue weighted by atomic mass is 35.5. The molecule has 0 saturated carbocycles. The zero-order chi connectivity index (χ0) is 17.9. The van der Waals surface area contributed by atoms with Crippen LogP contribution in [0.5, 0.6) is 0 Å². The smallest absolute Gasteiger partial charge is 0.307 e. The van der Waals surface area contributed by atoms with Crippen molar-refractivity contribution in [2.45, 2.75) is 19.8 Å². The highest BCUT2D eigenvalue weighted by molar-refractivity contribution is 6.35.